The number of hydrogen-bond donors (Lipinski definition) is 2. The van der Waals surface area contributed by atoms with Crippen molar-refractivity contribution in [2.45, 2.75) is 64.0 Å². The van der Waals surface area contributed by atoms with Crippen LogP contribution in [0.5, 0.6) is 0 Å². The summed E-state index contributed by atoms with van der Waals surface area (Å²) in [6.45, 7) is 8.06. The van der Waals surface area contributed by atoms with Crippen LogP contribution in [0.2, 0.25) is 0 Å². The summed E-state index contributed by atoms with van der Waals surface area (Å²) >= 11 is 0. The van der Waals surface area contributed by atoms with Gasteiger partial charge in [0.25, 0.3) is 0 Å². The average molecular weight is 256 g/mol. The summed E-state index contributed by atoms with van der Waals surface area (Å²) in [6.07, 6.45) is 6.10. The van der Waals surface area contributed by atoms with Gasteiger partial charge in [0, 0.05) is 12.1 Å². The predicted molar refractivity (Wildman–Crippen MR) is 77.8 cm³/mol. The van der Waals surface area contributed by atoms with Gasteiger partial charge >= 0.3 is 0 Å². The molecule has 0 radical (unpaired) electrons. The first kappa shape index (κ1) is 15.9. The van der Waals surface area contributed by atoms with Crippen LogP contribution < -0.4 is 5.32 Å². The molecule has 2 N–H and O–H groups in total. The largest absolute Gasteiger partial charge is 0.390 e. The van der Waals surface area contributed by atoms with E-state index in [0.29, 0.717) is 5.54 Å². The quantitative estimate of drug-likeness (QED) is 0.716. The molecule has 108 valence electrons. The molecule has 0 aliphatic heterocycles. The van der Waals surface area contributed by atoms with Gasteiger partial charge in [-0.15, -0.1) is 0 Å². The zero-order chi connectivity index (χ0) is 13.8. The lowest BCUT2D eigenvalue weighted by molar-refractivity contribution is 0.0594. The monoisotopic (exact) mass is 256 g/mol. The number of rotatable bonds is 6. The molecule has 0 aromatic heterocycles. The molecule has 0 aromatic rings. The fraction of sp³-hybridized carbons (Fsp3) is 1.00. The van der Waals surface area contributed by atoms with Crippen LogP contribution >= 0.6 is 0 Å². The second kappa shape index (κ2) is 6.36. The van der Waals surface area contributed by atoms with Crippen molar-refractivity contribution in [2.24, 2.45) is 5.92 Å². The molecule has 0 aromatic carbocycles. The van der Waals surface area contributed by atoms with Crippen LogP contribution in [-0.2, 0) is 0 Å². The van der Waals surface area contributed by atoms with Crippen molar-refractivity contribution in [3.63, 3.8) is 0 Å². The molecule has 1 rings (SSSR count). The van der Waals surface area contributed by atoms with E-state index in [1.54, 1.807) is 0 Å². The van der Waals surface area contributed by atoms with E-state index in [1.807, 2.05) is 13.8 Å². The van der Waals surface area contributed by atoms with Gasteiger partial charge in [-0.25, -0.2) is 0 Å². The molecule has 3 heteroatoms. The van der Waals surface area contributed by atoms with Crippen LogP contribution in [0.1, 0.15) is 52.9 Å². The molecule has 1 aliphatic carbocycles. The molecule has 2 unspecified atom stereocenters. The maximum Gasteiger partial charge on any atom is 0.0603 e. The first-order valence-corrected chi connectivity index (χ1v) is 7.36. The number of nitrogens with one attached hydrogen (secondary N) is 1. The van der Waals surface area contributed by atoms with Gasteiger partial charge in [-0.1, -0.05) is 19.8 Å². The normalized spacial score (nSPS) is 29.8. The smallest absolute Gasteiger partial charge is 0.0603 e. The summed E-state index contributed by atoms with van der Waals surface area (Å²) in [5.41, 5.74) is -0.241. The van der Waals surface area contributed by atoms with Gasteiger partial charge in [0.05, 0.1) is 5.60 Å². The van der Waals surface area contributed by atoms with Gasteiger partial charge in [0.15, 0.2) is 0 Å². The molecule has 18 heavy (non-hydrogen) atoms. The minimum absolute atomic E-state index is 0.317. The Labute approximate surface area is 113 Å². The van der Waals surface area contributed by atoms with E-state index in [9.17, 15) is 5.11 Å². The minimum Gasteiger partial charge on any atom is -0.390 e. The fourth-order valence-electron chi connectivity index (χ4n) is 3.07. The van der Waals surface area contributed by atoms with Crippen molar-refractivity contribution in [1.82, 2.24) is 10.2 Å². The first-order chi connectivity index (χ1) is 8.25. The summed E-state index contributed by atoms with van der Waals surface area (Å²) in [7, 11) is 4.41. The zero-order valence-electron chi connectivity index (χ0n) is 12.9. The third kappa shape index (κ3) is 4.87. The molecule has 0 spiro atoms. The Hall–Kier alpha value is -0.120. The van der Waals surface area contributed by atoms with Crippen molar-refractivity contribution in [2.75, 3.05) is 27.2 Å². The first-order valence-electron chi connectivity index (χ1n) is 7.36. The molecular formula is C15H32N2O. The number of nitrogens with zero attached hydrogens (tertiary/aromatic N) is 1. The SMILES string of the molecule is CC1CCCC(CNCCC(C)(C)O)(N(C)C)C1. The standard InChI is InChI=1S/C15H32N2O/c1-13-7-6-8-15(11-13,17(4)5)12-16-10-9-14(2,3)18/h13,16,18H,6-12H2,1-5H3. The lowest BCUT2D eigenvalue weighted by Gasteiger charge is -2.45. The zero-order valence-corrected chi connectivity index (χ0v) is 12.9. The molecule has 1 saturated carbocycles. The Morgan fingerprint density at radius 2 is 2.06 bits per heavy atom. The minimum atomic E-state index is -0.557. The summed E-state index contributed by atoms with van der Waals surface area (Å²) in [4.78, 5) is 2.40. The van der Waals surface area contributed by atoms with E-state index < -0.39 is 5.60 Å². The van der Waals surface area contributed by atoms with Crippen LogP contribution in [0, 0.1) is 5.92 Å². The summed E-state index contributed by atoms with van der Waals surface area (Å²) in [6, 6.07) is 0. The second-order valence-electron chi connectivity index (χ2n) is 7.06. The Morgan fingerprint density at radius 3 is 2.56 bits per heavy atom. The molecular weight excluding hydrogens is 224 g/mol. The Morgan fingerprint density at radius 1 is 1.39 bits per heavy atom. The average Bonchev–Trinajstić information content (AvgIpc) is 2.23. The lowest BCUT2D eigenvalue weighted by Crippen LogP contribution is -2.54. The Bertz CT molecular complexity index is 247. The predicted octanol–water partition coefficient (Wildman–Crippen LogP) is 2.25. The van der Waals surface area contributed by atoms with E-state index >= 15 is 0 Å². The van der Waals surface area contributed by atoms with E-state index in [-0.39, 0.29) is 0 Å². The highest BCUT2D eigenvalue weighted by atomic mass is 16.3. The van der Waals surface area contributed by atoms with Crippen molar-refractivity contribution < 1.29 is 5.11 Å². The summed E-state index contributed by atoms with van der Waals surface area (Å²) in [5, 5.41) is 13.3. The van der Waals surface area contributed by atoms with Gasteiger partial charge < -0.3 is 15.3 Å². The number of aliphatic hydroxyl groups is 1. The highest BCUT2D eigenvalue weighted by Crippen LogP contribution is 2.35. The summed E-state index contributed by atoms with van der Waals surface area (Å²) in [5.74, 6) is 0.831. The highest BCUT2D eigenvalue weighted by Gasteiger charge is 2.36. The highest BCUT2D eigenvalue weighted by molar-refractivity contribution is 4.94. The molecule has 2 atom stereocenters. The number of hydrogen-bond acceptors (Lipinski definition) is 3. The molecule has 1 aliphatic rings. The van der Waals surface area contributed by atoms with Gasteiger partial charge in [-0.2, -0.15) is 0 Å². The Balaban J connectivity index is 2.43. The van der Waals surface area contributed by atoms with Gasteiger partial charge in [-0.3, -0.25) is 0 Å². The summed E-state index contributed by atoms with van der Waals surface area (Å²) < 4.78 is 0. The van der Waals surface area contributed by atoms with Crippen molar-refractivity contribution >= 4 is 0 Å². The third-order valence-corrected chi connectivity index (χ3v) is 4.38. The second-order valence-corrected chi connectivity index (χ2v) is 7.06. The van der Waals surface area contributed by atoms with E-state index in [1.165, 1.54) is 25.7 Å². The van der Waals surface area contributed by atoms with E-state index in [2.05, 4.69) is 31.2 Å². The maximum absolute atomic E-state index is 9.72. The van der Waals surface area contributed by atoms with Gasteiger partial charge in [0.2, 0.25) is 0 Å². The van der Waals surface area contributed by atoms with E-state index in [4.69, 9.17) is 0 Å². The van der Waals surface area contributed by atoms with Crippen molar-refractivity contribution in [3.8, 4) is 0 Å². The fourth-order valence-corrected chi connectivity index (χ4v) is 3.07. The van der Waals surface area contributed by atoms with Gasteiger partial charge in [0.1, 0.15) is 0 Å². The molecule has 0 heterocycles. The van der Waals surface area contributed by atoms with Crippen LogP contribution in [0.3, 0.4) is 0 Å². The molecule has 3 nitrogen and oxygen atoms in total. The molecule has 0 amide bonds. The van der Waals surface area contributed by atoms with Crippen molar-refractivity contribution in [1.29, 1.82) is 0 Å². The maximum atomic E-state index is 9.72. The number of likely N-dealkylation sites (N-methyl/N-ethyl adjacent to an activating group) is 1. The van der Waals surface area contributed by atoms with Crippen LogP contribution in [0.15, 0.2) is 0 Å². The molecule has 0 bridgehead atoms. The Kier molecular flexibility index (Phi) is 5.63. The van der Waals surface area contributed by atoms with Crippen LogP contribution in [-0.4, -0.2) is 48.3 Å². The van der Waals surface area contributed by atoms with Crippen LogP contribution in [0.25, 0.3) is 0 Å². The molecule has 1 fully saturated rings. The topological polar surface area (TPSA) is 35.5 Å². The van der Waals surface area contributed by atoms with Crippen LogP contribution in [0.4, 0.5) is 0 Å². The van der Waals surface area contributed by atoms with Gasteiger partial charge in [-0.05, 0) is 59.7 Å². The van der Waals surface area contributed by atoms with Crippen molar-refractivity contribution in [3.05, 3.63) is 0 Å². The van der Waals surface area contributed by atoms with E-state index in [0.717, 1.165) is 25.4 Å². The molecule has 0 saturated heterocycles. The lowest BCUT2D eigenvalue weighted by atomic mass is 9.75. The third-order valence-electron chi connectivity index (χ3n) is 4.38.